The van der Waals surface area contributed by atoms with E-state index in [-0.39, 0.29) is 11.9 Å². The first-order chi connectivity index (χ1) is 13.9. The molecule has 0 atom stereocenters. The lowest BCUT2D eigenvalue weighted by molar-refractivity contribution is -0.141. The molecule has 0 amide bonds. The van der Waals surface area contributed by atoms with Crippen LogP contribution in [-0.4, -0.2) is 21.2 Å². The number of benzene rings is 1. The Morgan fingerprint density at radius 2 is 1.93 bits per heavy atom. The normalized spacial score (nSPS) is 14.3. The molecule has 0 aliphatic heterocycles. The van der Waals surface area contributed by atoms with E-state index in [2.05, 4.69) is 25.5 Å². The Morgan fingerprint density at radius 1 is 1.17 bits per heavy atom. The number of hydrogen-bond donors (Lipinski definition) is 2. The highest BCUT2D eigenvalue weighted by molar-refractivity contribution is 7.14. The van der Waals surface area contributed by atoms with Crippen molar-refractivity contribution in [1.82, 2.24) is 15.0 Å². The topological polar surface area (TPSA) is 98.3 Å². The fraction of sp³-hybridized carbons (Fsp3) is 0.222. The van der Waals surface area contributed by atoms with Crippen molar-refractivity contribution in [2.24, 2.45) is 5.10 Å². The molecule has 0 bridgehead atoms. The molecule has 0 saturated heterocycles. The van der Waals surface area contributed by atoms with E-state index in [0.717, 1.165) is 24.5 Å². The number of aromatic nitrogens is 3. The van der Waals surface area contributed by atoms with Gasteiger partial charge in [0.15, 0.2) is 5.69 Å². The molecule has 7 nitrogen and oxygen atoms in total. The van der Waals surface area contributed by atoms with Crippen molar-refractivity contribution in [2.75, 3.05) is 11.2 Å². The number of thiazole rings is 1. The number of hydrogen-bond acceptors (Lipinski definition) is 8. The number of ether oxygens (including phenoxy) is 1. The molecular formula is C18H15F3N6OS. The van der Waals surface area contributed by atoms with Gasteiger partial charge in [-0.2, -0.15) is 28.2 Å². The van der Waals surface area contributed by atoms with Crippen molar-refractivity contribution >= 4 is 28.5 Å². The largest absolute Gasteiger partial charge is 0.433 e. The predicted octanol–water partition coefficient (Wildman–Crippen LogP) is 4.65. The Labute approximate surface area is 167 Å². The lowest BCUT2D eigenvalue weighted by Gasteiger charge is -2.10. The fourth-order valence-electron chi connectivity index (χ4n) is 2.45. The maximum atomic E-state index is 13.1. The summed E-state index contributed by atoms with van der Waals surface area (Å²) in [6.07, 6.45) is -1.35. The van der Waals surface area contributed by atoms with Gasteiger partial charge in [-0.25, -0.2) is 4.98 Å². The van der Waals surface area contributed by atoms with Crippen LogP contribution in [0.5, 0.6) is 11.8 Å². The quantitative estimate of drug-likeness (QED) is 0.445. The van der Waals surface area contributed by atoms with Gasteiger partial charge in [0.1, 0.15) is 11.6 Å². The highest BCUT2D eigenvalue weighted by atomic mass is 32.1. The molecule has 4 rings (SSSR count). The standard InChI is InChI=1S/C18H15F3N6OS/c19-18(20,21)14-7-13(11-3-4-11)24-16(25-14)28-12-5-1-10(2-6-12)8-23-27-17-26-15(22)9-29-17/h1-2,5-9,11H,3-4,22H2,(H,26,27). The third kappa shape index (κ3) is 4.99. The van der Waals surface area contributed by atoms with Gasteiger partial charge in [0, 0.05) is 11.3 Å². The van der Waals surface area contributed by atoms with Crippen LogP contribution in [0.2, 0.25) is 0 Å². The van der Waals surface area contributed by atoms with E-state index in [0.29, 0.717) is 22.4 Å². The average Bonchev–Trinajstić information content (AvgIpc) is 3.45. The smallest absolute Gasteiger partial charge is 0.424 e. The fourth-order valence-corrected chi connectivity index (χ4v) is 3.00. The number of nitrogens with one attached hydrogen (secondary N) is 1. The lowest BCUT2D eigenvalue weighted by Crippen LogP contribution is -2.11. The number of rotatable bonds is 6. The molecule has 29 heavy (non-hydrogen) atoms. The summed E-state index contributed by atoms with van der Waals surface area (Å²) in [5.74, 6) is 0.778. The number of hydrazone groups is 1. The van der Waals surface area contributed by atoms with Crippen LogP contribution in [0.3, 0.4) is 0 Å². The zero-order valence-electron chi connectivity index (χ0n) is 14.8. The number of nitrogens with two attached hydrogens (primary N) is 1. The maximum absolute atomic E-state index is 13.1. The molecule has 1 aliphatic rings. The number of alkyl halides is 3. The SMILES string of the molecule is Nc1csc(NN=Cc2ccc(Oc3nc(C4CC4)cc(C(F)(F)F)n3)cc2)n1. The van der Waals surface area contributed by atoms with Crippen LogP contribution in [-0.2, 0) is 6.18 Å². The maximum Gasteiger partial charge on any atom is 0.433 e. The van der Waals surface area contributed by atoms with Gasteiger partial charge in [-0.05, 0) is 48.7 Å². The zero-order valence-corrected chi connectivity index (χ0v) is 15.7. The van der Waals surface area contributed by atoms with Crippen LogP contribution in [0.4, 0.5) is 24.1 Å². The Kier molecular flexibility index (Phi) is 5.05. The van der Waals surface area contributed by atoms with Gasteiger partial charge in [0.25, 0.3) is 0 Å². The number of anilines is 2. The Hall–Kier alpha value is -3.21. The van der Waals surface area contributed by atoms with E-state index in [1.807, 2.05) is 0 Å². The summed E-state index contributed by atoms with van der Waals surface area (Å²) in [7, 11) is 0. The molecular weight excluding hydrogens is 405 g/mol. The van der Waals surface area contributed by atoms with E-state index >= 15 is 0 Å². The van der Waals surface area contributed by atoms with Gasteiger partial charge < -0.3 is 10.5 Å². The number of nitrogens with zero attached hydrogens (tertiary/aromatic N) is 4. The first-order valence-electron chi connectivity index (χ1n) is 8.61. The van der Waals surface area contributed by atoms with Crippen molar-refractivity contribution in [3.63, 3.8) is 0 Å². The van der Waals surface area contributed by atoms with Crippen molar-refractivity contribution in [1.29, 1.82) is 0 Å². The van der Waals surface area contributed by atoms with E-state index in [4.69, 9.17) is 10.5 Å². The van der Waals surface area contributed by atoms with Gasteiger partial charge in [-0.15, -0.1) is 11.3 Å². The van der Waals surface area contributed by atoms with Gasteiger partial charge in [-0.3, -0.25) is 5.43 Å². The molecule has 0 radical (unpaired) electrons. The molecule has 1 aliphatic carbocycles. The van der Waals surface area contributed by atoms with Crippen LogP contribution in [0.15, 0.2) is 40.8 Å². The molecule has 150 valence electrons. The van der Waals surface area contributed by atoms with Crippen molar-refractivity contribution in [2.45, 2.75) is 24.9 Å². The Morgan fingerprint density at radius 3 is 2.55 bits per heavy atom. The number of halogens is 3. The van der Waals surface area contributed by atoms with Crippen molar-refractivity contribution in [3.8, 4) is 11.8 Å². The monoisotopic (exact) mass is 420 g/mol. The van der Waals surface area contributed by atoms with Crippen LogP contribution in [0.25, 0.3) is 0 Å². The van der Waals surface area contributed by atoms with Crippen molar-refractivity contribution < 1.29 is 17.9 Å². The lowest BCUT2D eigenvalue weighted by atomic mass is 10.2. The average molecular weight is 420 g/mol. The van der Waals surface area contributed by atoms with Crippen LogP contribution >= 0.6 is 11.3 Å². The summed E-state index contributed by atoms with van der Waals surface area (Å²) in [5, 5.41) is 6.29. The molecule has 2 heterocycles. The summed E-state index contributed by atoms with van der Waals surface area (Å²) in [6.45, 7) is 0. The van der Waals surface area contributed by atoms with Gasteiger partial charge in [-0.1, -0.05) is 0 Å². The molecule has 11 heteroatoms. The number of nitrogen functional groups attached to an aromatic ring is 1. The third-order valence-corrected chi connectivity index (χ3v) is 4.76. The van der Waals surface area contributed by atoms with Gasteiger partial charge in [0.2, 0.25) is 5.13 Å². The first kappa shape index (κ1) is 19.1. The molecule has 1 fully saturated rings. The minimum absolute atomic E-state index is 0.0423. The molecule has 3 aromatic rings. The zero-order chi connectivity index (χ0) is 20.4. The molecule has 0 unspecified atom stereocenters. The van der Waals surface area contributed by atoms with E-state index < -0.39 is 11.9 Å². The van der Waals surface area contributed by atoms with Crippen LogP contribution < -0.4 is 15.9 Å². The first-order valence-corrected chi connectivity index (χ1v) is 9.49. The second-order valence-electron chi connectivity index (χ2n) is 6.35. The van der Waals surface area contributed by atoms with Crippen molar-refractivity contribution in [3.05, 3.63) is 52.7 Å². The van der Waals surface area contributed by atoms with Crippen LogP contribution in [0.1, 0.15) is 35.7 Å². The predicted molar refractivity (Wildman–Crippen MR) is 103 cm³/mol. The Balaban J connectivity index is 1.45. The summed E-state index contributed by atoms with van der Waals surface area (Å²) in [4.78, 5) is 11.6. The van der Waals surface area contributed by atoms with Crippen LogP contribution in [0, 0.1) is 0 Å². The highest BCUT2D eigenvalue weighted by Gasteiger charge is 2.36. The second-order valence-corrected chi connectivity index (χ2v) is 7.21. The molecule has 1 aromatic carbocycles. The molecule has 3 N–H and O–H groups in total. The van der Waals surface area contributed by atoms with E-state index in [1.165, 1.54) is 11.3 Å². The second kappa shape index (κ2) is 7.66. The third-order valence-electron chi connectivity index (χ3n) is 4.00. The summed E-state index contributed by atoms with van der Waals surface area (Å²) >= 11 is 1.32. The van der Waals surface area contributed by atoms with Gasteiger partial charge >= 0.3 is 12.2 Å². The highest BCUT2D eigenvalue weighted by Crippen LogP contribution is 2.41. The minimum Gasteiger partial charge on any atom is -0.424 e. The van der Waals surface area contributed by atoms with E-state index in [9.17, 15) is 13.2 Å². The minimum atomic E-state index is -4.56. The summed E-state index contributed by atoms with van der Waals surface area (Å²) in [5.41, 5.74) is 8.39. The molecule has 0 spiro atoms. The Bertz CT molecular complexity index is 1030. The van der Waals surface area contributed by atoms with Gasteiger partial charge in [0.05, 0.1) is 11.9 Å². The summed E-state index contributed by atoms with van der Waals surface area (Å²) < 4.78 is 44.7. The molecule has 2 aromatic heterocycles. The summed E-state index contributed by atoms with van der Waals surface area (Å²) in [6, 6.07) is 7.28. The molecule has 1 saturated carbocycles. The van der Waals surface area contributed by atoms with E-state index in [1.54, 1.807) is 35.9 Å².